The summed E-state index contributed by atoms with van der Waals surface area (Å²) in [6.07, 6.45) is 5.61. The van der Waals surface area contributed by atoms with E-state index in [0.717, 1.165) is 10.4 Å². The van der Waals surface area contributed by atoms with Gasteiger partial charge in [-0.1, -0.05) is 0 Å². The molecule has 0 saturated heterocycles. The van der Waals surface area contributed by atoms with Gasteiger partial charge in [-0.3, -0.25) is 0 Å². The molecule has 0 spiro atoms. The van der Waals surface area contributed by atoms with Gasteiger partial charge in [0.25, 0.3) is 5.69 Å². The predicted molar refractivity (Wildman–Crippen MR) is 66.5 cm³/mol. The van der Waals surface area contributed by atoms with Gasteiger partial charge in [-0.2, -0.15) is 9.30 Å². The zero-order valence-electron chi connectivity index (χ0n) is 9.11. The van der Waals surface area contributed by atoms with Crippen LogP contribution in [0, 0.1) is 5.21 Å². The number of hydrogen-bond acceptors (Lipinski definition) is 2. The molecule has 0 unspecified atom stereocenters. The second-order valence-electron chi connectivity index (χ2n) is 3.88. The summed E-state index contributed by atoms with van der Waals surface area (Å²) in [4.78, 5) is 0. The van der Waals surface area contributed by atoms with E-state index in [2.05, 4.69) is 23.7 Å². The van der Waals surface area contributed by atoms with Crippen molar-refractivity contribution in [2.24, 2.45) is 0 Å². The van der Waals surface area contributed by atoms with Gasteiger partial charge in [-0.25, -0.2) is 0 Å². The summed E-state index contributed by atoms with van der Waals surface area (Å²) in [5.74, 6) is 0. The van der Waals surface area contributed by atoms with E-state index in [9.17, 15) is 5.21 Å². The van der Waals surface area contributed by atoms with Gasteiger partial charge in [0.2, 0.25) is 6.54 Å². The predicted octanol–water partition coefficient (Wildman–Crippen LogP) is 1.87. The third-order valence-electron chi connectivity index (χ3n) is 2.70. The number of aromatic nitrogens is 2. The zero-order valence-corrected chi connectivity index (χ0v) is 9.93. The van der Waals surface area contributed by atoms with Crippen LogP contribution in [0.25, 0.3) is 10.1 Å². The zero-order chi connectivity index (χ0) is 11.7. The maximum Gasteiger partial charge on any atom is 0.258 e. The summed E-state index contributed by atoms with van der Waals surface area (Å²) in [7, 11) is 0. The van der Waals surface area contributed by atoms with E-state index >= 15 is 0 Å². The molecule has 4 heteroatoms. The fraction of sp³-hybridized carbons (Fsp3) is 0.0769. The van der Waals surface area contributed by atoms with Crippen LogP contribution in [0.1, 0.15) is 5.69 Å². The van der Waals surface area contributed by atoms with Crippen LogP contribution in [0.5, 0.6) is 0 Å². The highest BCUT2D eigenvalue weighted by Gasteiger charge is 2.11. The number of hydrogen-bond donors (Lipinski definition) is 0. The lowest BCUT2D eigenvalue weighted by Crippen LogP contribution is -2.41. The second kappa shape index (κ2) is 4.14. The molecule has 0 aliphatic rings. The van der Waals surface area contributed by atoms with Crippen LogP contribution in [0.4, 0.5) is 0 Å². The lowest BCUT2D eigenvalue weighted by molar-refractivity contribution is -0.717. The highest BCUT2D eigenvalue weighted by Crippen LogP contribution is 2.17. The average molecular weight is 243 g/mol. The molecule has 0 fully saturated rings. The van der Waals surface area contributed by atoms with E-state index in [1.54, 1.807) is 17.4 Å². The molecule has 0 N–H and O–H groups in total. The number of pyridine rings is 2. The first-order valence-electron chi connectivity index (χ1n) is 5.36. The lowest BCUT2D eigenvalue weighted by Gasteiger charge is -2.00. The Balaban J connectivity index is 1.97. The fourth-order valence-corrected chi connectivity index (χ4v) is 2.64. The molecule has 0 radical (unpaired) electrons. The lowest BCUT2D eigenvalue weighted by atomic mass is 10.3. The summed E-state index contributed by atoms with van der Waals surface area (Å²) in [5, 5.41) is 14.9. The SMILES string of the molecule is [O-][n+]1ccccc1C[n+]1ccc2ccsc2c1. The van der Waals surface area contributed by atoms with Gasteiger partial charge < -0.3 is 5.21 Å². The maximum atomic E-state index is 11.5. The summed E-state index contributed by atoms with van der Waals surface area (Å²) in [6.45, 7) is 0.595. The van der Waals surface area contributed by atoms with Crippen LogP contribution in [0.2, 0.25) is 0 Å². The van der Waals surface area contributed by atoms with E-state index in [-0.39, 0.29) is 0 Å². The third-order valence-corrected chi connectivity index (χ3v) is 3.57. The molecule has 3 nitrogen and oxygen atoms in total. The molecule has 84 valence electrons. The van der Waals surface area contributed by atoms with E-state index < -0.39 is 0 Å². The van der Waals surface area contributed by atoms with Crippen LogP contribution in [-0.4, -0.2) is 0 Å². The van der Waals surface area contributed by atoms with Gasteiger partial charge in [0.05, 0.1) is 4.70 Å². The summed E-state index contributed by atoms with van der Waals surface area (Å²) >= 11 is 1.71. The highest BCUT2D eigenvalue weighted by molar-refractivity contribution is 7.17. The first kappa shape index (κ1) is 10.2. The maximum absolute atomic E-state index is 11.5. The van der Waals surface area contributed by atoms with Crippen LogP contribution in [0.15, 0.2) is 54.3 Å². The number of thiophene rings is 1. The average Bonchev–Trinajstić information content (AvgIpc) is 2.79. The Hall–Kier alpha value is -1.94. The van der Waals surface area contributed by atoms with Crippen molar-refractivity contribution in [3.05, 3.63) is 65.2 Å². The quantitative estimate of drug-likeness (QED) is 0.499. The molecule has 17 heavy (non-hydrogen) atoms. The molecule has 3 aromatic heterocycles. The minimum Gasteiger partial charge on any atom is -0.618 e. The van der Waals surface area contributed by atoms with Gasteiger partial charge >= 0.3 is 0 Å². The molecule has 0 aromatic carbocycles. The minimum atomic E-state index is 0.595. The smallest absolute Gasteiger partial charge is 0.258 e. The Morgan fingerprint density at radius 2 is 2.06 bits per heavy atom. The Kier molecular flexibility index (Phi) is 2.49. The van der Waals surface area contributed by atoms with E-state index in [0.29, 0.717) is 6.54 Å². The molecule has 3 heterocycles. The van der Waals surface area contributed by atoms with Gasteiger partial charge in [0, 0.05) is 23.6 Å². The molecule has 0 atom stereocenters. The number of rotatable bonds is 2. The second-order valence-corrected chi connectivity index (χ2v) is 4.82. The number of nitrogens with zero attached hydrogens (tertiary/aromatic N) is 2. The van der Waals surface area contributed by atoms with Crippen LogP contribution in [-0.2, 0) is 6.54 Å². The molecular formula is C13H11N2OS+. The van der Waals surface area contributed by atoms with Gasteiger partial charge in [0.1, 0.15) is 0 Å². The fourth-order valence-electron chi connectivity index (χ4n) is 1.81. The molecule has 0 amide bonds. The minimum absolute atomic E-state index is 0.595. The van der Waals surface area contributed by atoms with Crippen molar-refractivity contribution in [1.29, 1.82) is 0 Å². The van der Waals surface area contributed by atoms with Crippen LogP contribution in [0.3, 0.4) is 0 Å². The molecule has 0 aliphatic heterocycles. The standard InChI is InChI=1S/C13H11N2OS/c16-15-6-2-1-3-12(15)9-14-7-4-11-5-8-17-13(11)10-14/h1-8,10H,9H2/q+1. The number of fused-ring (bicyclic) bond motifs is 1. The van der Waals surface area contributed by atoms with Crippen molar-refractivity contribution in [3.63, 3.8) is 0 Å². The van der Waals surface area contributed by atoms with E-state index in [1.807, 2.05) is 22.9 Å². The summed E-state index contributed by atoms with van der Waals surface area (Å²) in [5.41, 5.74) is 0.744. The summed E-state index contributed by atoms with van der Waals surface area (Å²) in [6, 6.07) is 9.64. The Bertz CT molecular complexity index is 663. The van der Waals surface area contributed by atoms with E-state index in [1.165, 1.54) is 16.3 Å². The molecular weight excluding hydrogens is 232 g/mol. The van der Waals surface area contributed by atoms with Crippen LogP contribution >= 0.6 is 11.3 Å². The van der Waals surface area contributed by atoms with Crippen molar-refractivity contribution < 1.29 is 9.30 Å². The molecule has 0 saturated carbocycles. The molecule has 3 aromatic rings. The van der Waals surface area contributed by atoms with Crippen molar-refractivity contribution in [3.8, 4) is 0 Å². The largest absolute Gasteiger partial charge is 0.618 e. The molecule has 0 aliphatic carbocycles. The van der Waals surface area contributed by atoms with Crippen molar-refractivity contribution in [2.45, 2.75) is 6.54 Å². The van der Waals surface area contributed by atoms with Crippen LogP contribution < -0.4 is 9.30 Å². The molecule has 0 bridgehead atoms. The Labute approximate surface area is 103 Å². The topological polar surface area (TPSA) is 30.8 Å². The Morgan fingerprint density at radius 3 is 2.94 bits per heavy atom. The first-order valence-corrected chi connectivity index (χ1v) is 6.24. The Morgan fingerprint density at radius 1 is 1.12 bits per heavy atom. The molecule has 3 rings (SSSR count). The van der Waals surface area contributed by atoms with Gasteiger partial charge in [0.15, 0.2) is 18.6 Å². The van der Waals surface area contributed by atoms with Crippen molar-refractivity contribution in [1.82, 2.24) is 0 Å². The third kappa shape index (κ3) is 1.99. The van der Waals surface area contributed by atoms with Gasteiger partial charge in [-0.15, -0.1) is 11.3 Å². The monoisotopic (exact) mass is 243 g/mol. The first-order chi connectivity index (χ1) is 8.33. The highest BCUT2D eigenvalue weighted by atomic mass is 32.1. The van der Waals surface area contributed by atoms with Gasteiger partial charge in [-0.05, 0) is 17.5 Å². The normalized spacial score (nSPS) is 10.8. The van der Waals surface area contributed by atoms with Crippen molar-refractivity contribution in [2.75, 3.05) is 0 Å². The van der Waals surface area contributed by atoms with E-state index in [4.69, 9.17) is 0 Å². The summed E-state index contributed by atoms with van der Waals surface area (Å²) < 4.78 is 4.18. The van der Waals surface area contributed by atoms with Crippen molar-refractivity contribution >= 4 is 21.4 Å².